The zero-order valence-corrected chi connectivity index (χ0v) is 8.64. The summed E-state index contributed by atoms with van der Waals surface area (Å²) in [7, 11) is 1.78. The standard InChI is InChI=1S/C11H11N3O/c1-8-4-3-6-12-10(8)11(15)9-5-7-14(2)13-9/h3-7H,1-2H3. The van der Waals surface area contributed by atoms with Crippen LogP contribution in [0.5, 0.6) is 0 Å². The lowest BCUT2D eigenvalue weighted by Crippen LogP contribution is -2.07. The van der Waals surface area contributed by atoms with Crippen molar-refractivity contribution in [2.75, 3.05) is 0 Å². The van der Waals surface area contributed by atoms with Crippen molar-refractivity contribution in [1.29, 1.82) is 0 Å². The highest BCUT2D eigenvalue weighted by Crippen LogP contribution is 2.09. The summed E-state index contributed by atoms with van der Waals surface area (Å²) in [6.45, 7) is 1.86. The fourth-order valence-electron chi connectivity index (χ4n) is 1.38. The number of carbonyl (C=O) groups excluding carboxylic acids is 1. The average molecular weight is 201 g/mol. The van der Waals surface area contributed by atoms with Crippen LogP contribution in [0.2, 0.25) is 0 Å². The van der Waals surface area contributed by atoms with Crippen LogP contribution in [0.3, 0.4) is 0 Å². The van der Waals surface area contributed by atoms with Gasteiger partial charge < -0.3 is 0 Å². The van der Waals surface area contributed by atoms with Crippen molar-refractivity contribution in [3.8, 4) is 0 Å². The van der Waals surface area contributed by atoms with Crippen LogP contribution in [0.15, 0.2) is 30.6 Å². The fourth-order valence-corrected chi connectivity index (χ4v) is 1.38. The van der Waals surface area contributed by atoms with E-state index in [-0.39, 0.29) is 5.78 Å². The molecule has 0 saturated heterocycles. The Morgan fingerprint density at radius 3 is 2.80 bits per heavy atom. The van der Waals surface area contributed by atoms with Gasteiger partial charge in [-0.3, -0.25) is 14.5 Å². The van der Waals surface area contributed by atoms with Gasteiger partial charge in [0, 0.05) is 19.4 Å². The number of hydrogen-bond donors (Lipinski definition) is 0. The number of carbonyl (C=O) groups is 1. The van der Waals surface area contributed by atoms with E-state index in [1.54, 1.807) is 30.2 Å². The van der Waals surface area contributed by atoms with Gasteiger partial charge in [-0.05, 0) is 24.6 Å². The third-order valence-electron chi connectivity index (χ3n) is 2.17. The van der Waals surface area contributed by atoms with E-state index in [2.05, 4.69) is 10.1 Å². The molecule has 0 spiro atoms. The summed E-state index contributed by atoms with van der Waals surface area (Å²) in [4.78, 5) is 16.0. The molecule has 15 heavy (non-hydrogen) atoms. The minimum atomic E-state index is -0.131. The van der Waals surface area contributed by atoms with Crippen LogP contribution >= 0.6 is 0 Å². The number of aromatic nitrogens is 3. The molecule has 0 aliphatic rings. The Bertz CT molecular complexity index is 502. The first-order valence-corrected chi connectivity index (χ1v) is 4.64. The third kappa shape index (κ3) is 1.79. The van der Waals surface area contributed by atoms with Crippen molar-refractivity contribution in [3.05, 3.63) is 47.5 Å². The van der Waals surface area contributed by atoms with Gasteiger partial charge in [0.15, 0.2) is 0 Å². The Balaban J connectivity index is 2.41. The SMILES string of the molecule is Cc1cccnc1C(=O)c1ccn(C)n1. The number of nitrogens with zero attached hydrogens (tertiary/aromatic N) is 3. The van der Waals surface area contributed by atoms with E-state index >= 15 is 0 Å². The van der Waals surface area contributed by atoms with E-state index in [1.807, 2.05) is 19.1 Å². The van der Waals surface area contributed by atoms with Crippen LogP contribution in [0.1, 0.15) is 21.7 Å². The van der Waals surface area contributed by atoms with Gasteiger partial charge in [-0.25, -0.2) is 0 Å². The normalized spacial score (nSPS) is 10.3. The summed E-state index contributed by atoms with van der Waals surface area (Å²) in [5.41, 5.74) is 1.77. The maximum Gasteiger partial charge on any atom is 0.231 e. The summed E-state index contributed by atoms with van der Waals surface area (Å²) in [5, 5.41) is 4.06. The van der Waals surface area contributed by atoms with E-state index in [0.29, 0.717) is 11.4 Å². The zero-order chi connectivity index (χ0) is 10.8. The highest BCUT2D eigenvalue weighted by atomic mass is 16.1. The molecule has 76 valence electrons. The highest BCUT2D eigenvalue weighted by molar-refractivity contribution is 6.07. The summed E-state index contributed by atoms with van der Waals surface area (Å²) >= 11 is 0. The number of rotatable bonds is 2. The van der Waals surface area contributed by atoms with E-state index in [9.17, 15) is 4.79 Å². The van der Waals surface area contributed by atoms with Gasteiger partial charge >= 0.3 is 0 Å². The molecule has 2 heterocycles. The van der Waals surface area contributed by atoms with E-state index in [4.69, 9.17) is 0 Å². The topological polar surface area (TPSA) is 47.8 Å². The molecule has 0 unspecified atom stereocenters. The second-order valence-corrected chi connectivity index (χ2v) is 3.37. The maximum absolute atomic E-state index is 11.9. The van der Waals surface area contributed by atoms with Crippen molar-refractivity contribution >= 4 is 5.78 Å². The lowest BCUT2D eigenvalue weighted by atomic mass is 10.1. The van der Waals surface area contributed by atoms with Crippen LogP contribution < -0.4 is 0 Å². The Labute approximate surface area is 87.6 Å². The minimum Gasteiger partial charge on any atom is -0.285 e. The summed E-state index contributed by atoms with van der Waals surface area (Å²) < 4.78 is 1.60. The number of pyridine rings is 1. The van der Waals surface area contributed by atoms with Crippen molar-refractivity contribution < 1.29 is 4.79 Å². The molecule has 0 aliphatic carbocycles. The minimum absolute atomic E-state index is 0.131. The molecule has 2 aromatic heterocycles. The predicted molar refractivity (Wildman–Crippen MR) is 55.6 cm³/mol. The van der Waals surface area contributed by atoms with Crippen LogP contribution in [0.4, 0.5) is 0 Å². The van der Waals surface area contributed by atoms with Crippen LogP contribution in [-0.2, 0) is 7.05 Å². The van der Waals surface area contributed by atoms with Gasteiger partial charge in [0.05, 0.1) is 0 Å². The number of hydrogen-bond acceptors (Lipinski definition) is 3. The van der Waals surface area contributed by atoms with Gasteiger partial charge in [0.2, 0.25) is 5.78 Å². The van der Waals surface area contributed by atoms with Gasteiger partial charge in [-0.2, -0.15) is 5.10 Å². The molecule has 0 aromatic carbocycles. The first-order valence-electron chi connectivity index (χ1n) is 4.64. The van der Waals surface area contributed by atoms with Crippen LogP contribution in [0, 0.1) is 6.92 Å². The lowest BCUT2D eigenvalue weighted by Gasteiger charge is -1.99. The average Bonchev–Trinajstić information content (AvgIpc) is 2.65. The maximum atomic E-state index is 11.9. The number of ketones is 1. The van der Waals surface area contributed by atoms with Gasteiger partial charge in [0.25, 0.3) is 0 Å². The molecule has 0 amide bonds. The third-order valence-corrected chi connectivity index (χ3v) is 2.17. The molecule has 4 nitrogen and oxygen atoms in total. The molecule has 0 saturated carbocycles. The van der Waals surface area contributed by atoms with E-state index in [1.165, 1.54) is 0 Å². The van der Waals surface area contributed by atoms with Gasteiger partial charge in [-0.15, -0.1) is 0 Å². The Morgan fingerprint density at radius 2 is 2.20 bits per heavy atom. The monoisotopic (exact) mass is 201 g/mol. The highest BCUT2D eigenvalue weighted by Gasteiger charge is 2.14. The largest absolute Gasteiger partial charge is 0.285 e. The molecule has 0 atom stereocenters. The second-order valence-electron chi connectivity index (χ2n) is 3.37. The molecule has 0 N–H and O–H groups in total. The van der Waals surface area contributed by atoms with Crippen molar-refractivity contribution in [3.63, 3.8) is 0 Å². The predicted octanol–water partition coefficient (Wildman–Crippen LogP) is 1.35. The summed E-state index contributed by atoms with van der Waals surface area (Å²) in [5.74, 6) is -0.131. The van der Waals surface area contributed by atoms with E-state index in [0.717, 1.165) is 5.56 Å². The lowest BCUT2D eigenvalue weighted by molar-refractivity contribution is 0.102. The first-order chi connectivity index (χ1) is 7.18. The Hall–Kier alpha value is -1.97. The van der Waals surface area contributed by atoms with Crippen molar-refractivity contribution in [2.24, 2.45) is 7.05 Å². The molecule has 0 aliphatic heterocycles. The van der Waals surface area contributed by atoms with E-state index < -0.39 is 0 Å². The van der Waals surface area contributed by atoms with Crippen molar-refractivity contribution in [1.82, 2.24) is 14.8 Å². The smallest absolute Gasteiger partial charge is 0.231 e. The van der Waals surface area contributed by atoms with Gasteiger partial charge in [0.1, 0.15) is 11.4 Å². The quantitative estimate of drug-likeness (QED) is 0.689. The molecule has 0 fully saturated rings. The zero-order valence-electron chi connectivity index (χ0n) is 8.64. The Morgan fingerprint density at radius 1 is 1.40 bits per heavy atom. The second kappa shape index (κ2) is 3.65. The fraction of sp³-hybridized carbons (Fsp3) is 0.182. The molecule has 0 radical (unpaired) electrons. The first kappa shape index (κ1) is 9.58. The summed E-state index contributed by atoms with van der Waals surface area (Å²) in [6.07, 6.45) is 3.36. The summed E-state index contributed by atoms with van der Waals surface area (Å²) in [6, 6.07) is 5.37. The molecular formula is C11H11N3O. The number of aryl methyl sites for hydroxylation is 2. The van der Waals surface area contributed by atoms with Crippen LogP contribution in [0.25, 0.3) is 0 Å². The van der Waals surface area contributed by atoms with Gasteiger partial charge in [-0.1, -0.05) is 6.07 Å². The van der Waals surface area contributed by atoms with Crippen molar-refractivity contribution in [2.45, 2.75) is 6.92 Å². The van der Waals surface area contributed by atoms with Crippen LogP contribution in [-0.4, -0.2) is 20.5 Å². The Kier molecular flexibility index (Phi) is 2.33. The molecular weight excluding hydrogens is 190 g/mol. The molecule has 2 rings (SSSR count). The molecule has 0 bridgehead atoms. The molecule has 4 heteroatoms. The molecule has 2 aromatic rings.